The fraction of sp³-hybridized carbons (Fsp3) is 0.200. The standard InChI is InChI=1S/C25H23BrF2N6/c26-20-3-1-17(2-4-20)11-30-22-6-8-25-18(9-22)12-33(32-25)13-19(14-34-16-29-15-31-34)23-7-5-21(27)10-24(23)28/h1-10,15-16,19,30,32H,11-14H2. The second-order valence-electron chi connectivity index (χ2n) is 8.32. The molecule has 34 heavy (non-hydrogen) atoms. The predicted molar refractivity (Wildman–Crippen MR) is 131 cm³/mol. The summed E-state index contributed by atoms with van der Waals surface area (Å²) in [5, 5.41) is 9.68. The monoisotopic (exact) mass is 524 g/mol. The minimum atomic E-state index is -0.587. The highest BCUT2D eigenvalue weighted by molar-refractivity contribution is 9.10. The van der Waals surface area contributed by atoms with Crippen molar-refractivity contribution in [3.63, 3.8) is 0 Å². The number of nitrogens with zero attached hydrogens (tertiary/aromatic N) is 4. The number of fused-ring (bicyclic) bond motifs is 1. The zero-order valence-electron chi connectivity index (χ0n) is 18.3. The summed E-state index contributed by atoms with van der Waals surface area (Å²) in [6.07, 6.45) is 3.05. The van der Waals surface area contributed by atoms with Crippen molar-refractivity contribution in [1.29, 1.82) is 0 Å². The summed E-state index contributed by atoms with van der Waals surface area (Å²) in [7, 11) is 0. The molecular weight excluding hydrogens is 502 g/mol. The lowest BCUT2D eigenvalue weighted by atomic mass is 9.98. The van der Waals surface area contributed by atoms with E-state index in [0.717, 1.165) is 34.0 Å². The summed E-state index contributed by atoms with van der Waals surface area (Å²) in [5.74, 6) is -1.39. The molecule has 0 fully saturated rings. The van der Waals surface area contributed by atoms with Crippen LogP contribution < -0.4 is 10.7 Å². The Morgan fingerprint density at radius 1 is 1.03 bits per heavy atom. The Morgan fingerprint density at radius 2 is 1.88 bits per heavy atom. The van der Waals surface area contributed by atoms with Crippen molar-refractivity contribution in [1.82, 2.24) is 19.8 Å². The molecule has 5 rings (SSSR count). The first-order valence-corrected chi connectivity index (χ1v) is 11.7. The molecule has 1 aliphatic rings. The van der Waals surface area contributed by atoms with Gasteiger partial charge in [-0.2, -0.15) is 5.10 Å². The third-order valence-electron chi connectivity index (χ3n) is 5.87. The van der Waals surface area contributed by atoms with E-state index in [-0.39, 0.29) is 5.92 Å². The number of hydrogen-bond donors (Lipinski definition) is 2. The largest absolute Gasteiger partial charge is 0.381 e. The molecule has 3 aromatic carbocycles. The Balaban J connectivity index is 1.28. The molecule has 9 heteroatoms. The molecule has 1 aliphatic heterocycles. The van der Waals surface area contributed by atoms with Crippen LogP contribution in [0.15, 0.2) is 77.8 Å². The molecule has 0 radical (unpaired) electrons. The van der Waals surface area contributed by atoms with Crippen LogP contribution in [0.25, 0.3) is 0 Å². The Bertz CT molecular complexity index is 1260. The van der Waals surface area contributed by atoms with Gasteiger partial charge in [-0.05, 0) is 53.1 Å². The van der Waals surface area contributed by atoms with Crippen LogP contribution in [-0.4, -0.2) is 26.3 Å². The van der Waals surface area contributed by atoms with E-state index in [0.29, 0.717) is 25.2 Å². The number of halogens is 3. The van der Waals surface area contributed by atoms with Gasteiger partial charge in [0.25, 0.3) is 0 Å². The quantitative estimate of drug-likeness (QED) is 0.316. The summed E-state index contributed by atoms with van der Waals surface area (Å²) in [5.41, 5.74) is 8.27. The highest BCUT2D eigenvalue weighted by Gasteiger charge is 2.25. The van der Waals surface area contributed by atoms with E-state index < -0.39 is 11.6 Å². The smallest absolute Gasteiger partial charge is 0.137 e. The number of benzene rings is 3. The van der Waals surface area contributed by atoms with Crippen LogP contribution >= 0.6 is 15.9 Å². The van der Waals surface area contributed by atoms with E-state index in [1.165, 1.54) is 24.0 Å². The molecule has 2 N–H and O–H groups in total. The summed E-state index contributed by atoms with van der Waals surface area (Å²) in [6, 6.07) is 18.2. The molecule has 0 saturated carbocycles. The lowest BCUT2D eigenvalue weighted by molar-refractivity contribution is 0.296. The summed E-state index contributed by atoms with van der Waals surface area (Å²) < 4.78 is 30.9. The van der Waals surface area contributed by atoms with Crippen LogP contribution in [0.2, 0.25) is 0 Å². The zero-order valence-corrected chi connectivity index (χ0v) is 19.8. The molecule has 1 aromatic heterocycles. The zero-order chi connectivity index (χ0) is 23.5. The highest BCUT2D eigenvalue weighted by atomic mass is 79.9. The molecule has 2 heterocycles. The van der Waals surface area contributed by atoms with Gasteiger partial charge in [0.2, 0.25) is 0 Å². The molecule has 6 nitrogen and oxygen atoms in total. The average molecular weight is 525 g/mol. The number of anilines is 2. The Kier molecular flexibility index (Phi) is 6.55. The molecule has 0 amide bonds. The predicted octanol–water partition coefficient (Wildman–Crippen LogP) is 5.56. The van der Waals surface area contributed by atoms with Gasteiger partial charge in [-0.15, -0.1) is 0 Å². The maximum Gasteiger partial charge on any atom is 0.137 e. The Labute approximate surface area is 204 Å². The maximum absolute atomic E-state index is 14.6. The molecule has 174 valence electrons. The second kappa shape index (κ2) is 9.90. The highest BCUT2D eigenvalue weighted by Crippen LogP contribution is 2.31. The van der Waals surface area contributed by atoms with Gasteiger partial charge in [0.15, 0.2) is 0 Å². The van der Waals surface area contributed by atoms with Crippen molar-refractivity contribution < 1.29 is 8.78 Å². The molecular formula is C25H23BrF2N6. The van der Waals surface area contributed by atoms with Gasteiger partial charge < -0.3 is 10.7 Å². The van der Waals surface area contributed by atoms with Crippen molar-refractivity contribution in [2.24, 2.45) is 0 Å². The maximum atomic E-state index is 14.6. The molecule has 1 unspecified atom stereocenters. The Morgan fingerprint density at radius 3 is 2.65 bits per heavy atom. The molecule has 0 aliphatic carbocycles. The molecule has 1 atom stereocenters. The van der Waals surface area contributed by atoms with Gasteiger partial charge in [-0.1, -0.05) is 34.1 Å². The van der Waals surface area contributed by atoms with Crippen LogP contribution in [0.4, 0.5) is 20.2 Å². The van der Waals surface area contributed by atoms with Gasteiger partial charge in [0.1, 0.15) is 24.3 Å². The van der Waals surface area contributed by atoms with Crippen LogP contribution in [0.5, 0.6) is 0 Å². The SMILES string of the molecule is Fc1ccc(C(CN2Cc3cc(NCc4ccc(Br)cc4)ccc3N2)Cn2cncn2)c(F)c1. The fourth-order valence-electron chi connectivity index (χ4n) is 4.18. The van der Waals surface area contributed by atoms with E-state index in [1.807, 2.05) is 29.3 Å². The lowest BCUT2D eigenvalue weighted by Crippen LogP contribution is -2.31. The first-order chi connectivity index (χ1) is 16.5. The van der Waals surface area contributed by atoms with Crippen LogP contribution in [0.1, 0.15) is 22.6 Å². The number of hydrogen-bond acceptors (Lipinski definition) is 5. The molecule has 0 spiro atoms. The third kappa shape index (κ3) is 5.26. The van der Waals surface area contributed by atoms with E-state index in [2.05, 4.69) is 55.0 Å². The van der Waals surface area contributed by atoms with Gasteiger partial charge in [-0.3, -0.25) is 4.68 Å². The summed E-state index contributed by atoms with van der Waals surface area (Å²) >= 11 is 3.46. The normalized spacial score (nSPS) is 14.0. The lowest BCUT2D eigenvalue weighted by Gasteiger charge is -2.24. The number of nitrogens with one attached hydrogen (secondary N) is 2. The minimum Gasteiger partial charge on any atom is -0.381 e. The first kappa shape index (κ1) is 22.5. The second-order valence-corrected chi connectivity index (χ2v) is 9.24. The minimum absolute atomic E-state index is 0.251. The number of aromatic nitrogens is 3. The third-order valence-corrected chi connectivity index (χ3v) is 6.40. The van der Waals surface area contributed by atoms with Crippen molar-refractivity contribution in [2.45, 2.75) is 25.6 Å². The van der Waals surface area contributed by atoms with Crippen LogP contribution in [0.3, 0.4) is 0 Å². The van der Waals surface area contributed by atoms with E-state index in [4.69, 9.17) is 0 Å². The summed E-state index contributed by atoms with van der Waals surface area (Å²) in [4.78, 5) is 3.98. The van der Waals surface area contributed by atoms with Gasteiger partial charge in [-0.25, -0.2) is 18.8 Å². The van der Waals surface area contributed by atoms with Gasteiger partial charge in [0.05, 0.1) is 12.2 Å². The first-order valence-electron chi connectivity index (χ1n) is 10.9. The van der Waals surface area contributed by atoms with Crippen molar-refractivity contribution in [3.05, 3.63) is 106 Å². The van der Waals surface area contributed by atoms with E-state index >= 15 is 0 Å². The topological polar surface area (TPSA) is 58.0 Å². The van der Waals surface area contributed by atoms with Crippen molar-refractivity contribution in [2.75, 3.05) is 17.3 Å². The van der Waals surface area contributed by atoms with Crippen molar-refractivity contribution >= 4 is 27.3 Å². The van der Waals surface area contributed by atoms with E-state index in [1.54, 1.807) is 11.0 Å². The van der Waals surface area contributed by atoms with Crippen LogP contribution in [-0.2, 0) is 19.6 Å². The van der Waals surface area contributed by atoms with Crippen molar-refractivity contribution in [3.8, 4) is 0 Å². The molecule has 0 bridgehead atoms. The fourth-order valence-corrected chi connectivity index (χ4v) is 4.45. The Hall–Kier alpha value is -3.30. The van der Waals surface area contributed by atoms with Crippen LogP contribution in [0, 0.1) is 11.6 Å². The van der Waals surface area contributed by atoms with Gasteiger partial charge >= 0.3 is 0 Å². The van der Waals surface area contributed by atoms with Gasteiger partial charge in [0, 0.05) is 41.8 Å². The number of hydrazine groups is 1. The average Bonchev–Trinajstić information content (AvgIpc) is 3.47. The summed E-state index contributed by atoms with van der Waals surface area (Å²) in [6.45, 7) is 2.34. The van der Waals surface area contributed by atoms with E-state index in [9.17, 15) is 8.78 Å². The number of rotatable bonds is 8. The molecule has 0 saturated heterocycles. The molecule has 4 aromatic rings.